The molecule has 5 nitrogen and oxygen atoms in total. The Morgan fingerprint density at radius 2 is 1.88 bits per heavy atom. The standard InChI is InChI=1S/C18H17FN2O3/c19-14-6-8-15(9-7-14)21-11-16(24-12-17(21)22)10-20-18(23)13-4-2-1-3-5-13/h1-9,16H,10-12H2,(H,20,23). The third kappa shape index (κ3) is 3.78. The minimum Gasteiger partial charge on any atom is -0.365 e. The molecule has 1 unspecified atom stereocenters. The fourth-order valence-electron chi connectivity index (χ4n) is 2.52. The van der Waals surface area contributed by atoms with E-state index in [0.29, 0.717) is 24.3 Å². The number of nitrogens with one attached hydrogen (secondary N) is 1. The molecule has 0 aromatic heterocycles. The van der Waals surface area contributed by atoms with Crippen LogP contribution in [0, 0.1) is 5.82 Å². The fraction of sp³-hybridized carbons (Fsp3) is 0.222. The Kier molecular flexibility index (Phi) is 4.86. The first-order valence-corrected chi connectivity index (χ1v) is 7.64. The van der Waals surface area contributed by atoms with Crippen LogP contribution in [0.2, 0.25) is 0 Å². The number of benzene rings is 2. The third-order valence-corrected chi connectivity index (χ3v) is 3.79. The number of morpholine rings is 1. The summed E-state index contributed by atoms with van der Waals surface area (Å²) in [5, 5.41) is 2.80. The first kappa shape index (κ1) is 16.1. The zero-order valence-electron chi connectivity index (χ0n) is 12.9. The van der Waals surface area contributed by atoms with Crippen LogP contribution in [0.15, 0.2) is 54.6 Å². The maximum absolute atomic E-state index is 13.0. The zero-order chi connectivity index (χ0) is 16.9. The Morgan fingerprint density at radius 3 is 2.58 bits per heavy atom. The lowest BCUT2D eigenvalue weighted by molar-refractivity contribution is -0.129. The quantitative estimate of drug-likeness (QED) is 0.934. The number of amides is 2. The molecule has 0 bridgehead atoms. The average molecular weight is 328 g/mol. The minimum absolute atomic E-state index is 0.0662. The van der Waals surface area contributed by atoms with E-state index in [4.69, 9.17) is 4.74 Å². The number of halogens is 1. The molecule has 2 aromatic carbocycles. The van der Waals surface area contributed by atoms with Gasteiger partial charge < -0.3 is 15.0 Å². The van der Waals surface area contributed by atoms with E-state index < -0.39 is 0 Å². The van der Waals surface area contributed by atoms with Crippen molar-refractivity contribution in [2.24, 2.45) is 0 Å². The van der Waals surface area contributed by atoms with Crippen LogP contribution < -0.4 is 10.2 Å². The Labute approximate surface area is 139 Å². The van der Waals surface area contributed by atoms with Gasteiger partial charge in [0, 0.05) is 17.8 Å². The van der Waals surface area contributed by atoms with Crippen LogP contribution in [0.25, 0.3) is 0 Å². The van der Waals surface area contributed by atoms with Gasteiger partial charge in [-0.05, 0) is 36.4 Å². The predicted octanol–water partition coefficient (Wildman–Crippen LogP) is 1.99. The number of anilines is 1. The molecule has 2 aromatic rings. The monoisotopic (exact) mass is 328 g/mol. The summed E-state index contributed by atoms with van der Waals surface area (Å²) in [5.41, 5.74) is 1.18. The van der Waals surface area contributed by atoms with Gasteiger partial charge in [0.25, 0.3) is 11.8 Å². The highest BCUT2D eigenvalue weighted by atomic mass is 19.1. The van der Waals surface area contributed by atoms with Gasteiger partial charge in [-0.1, -0.05) is 18.2 Å². The van der Waals surface area contributed by atoms with Crippen molar-refractivity contribution in [3.63, 3.8) is 0 Å². The van der Waals surface area contributed by atoms with Crippen LogP contribution in [0.5, 0.6) is 0 Å². The molecule has 3 rings (SSSR count). The Balaban J connectivity index is 1.60. The first-order chi connectivity index (χ1) is 11.6. The van der Waals surface area contributed by atoms with Crippen LogP contribution in [-0.4, -0.2) is 37.6 Å². The smallest absolute Gasteiger partial charge is 0.253 e. The summed E-state index contributed by atoms with van der Waals surface area (Å²) in [6.45, 7) is 0.529. The van der Waals surface area contributed by atoms with Crippen molar-refractivity contribution in [3.8, 4) is 0 Å². The van der Waals surface area contributed by atoms with Gasteiger partial charge in [0.1, 0.15) is 12.4 Å². The van der Waals surface area contributed by atoms with E-state index >= 15 is 0 Å². The lowest BCUT2D eigenvalue weighted by Gasteiger charge is -2.32. The van der Waals surface area contributed by atoms with Crippen molar-refractivity contribution in [2.75, 3.05) is 24.6 Å². The fourth-order valence-corrected chi connectivity index (χ4v) is 2.52. The van der Waals surface area contributed by atoms with E-state index in [1.165, 1.54) is 12.1 Å². The summed E-state index contributed by atoms with van der Waals surface area (Å²) < 4.78 is 18.5. The molecule has 0 radical (unpaired) electrons. The number of carbonyl (C=O) groups excluding carboxylic acids is 2. The van der Waals surface area contributed by atoms with Crippen molar-refractivity contribution in [1.82, 2.24) is 5.32 Å². The number of hydrogen-bond acceptors (Lipinski definition) is 3. The van der Waals surface area contributed by atoms with Gasteiger partial charge in [-0.3, -0.25) is 9.59 Å². The maximum atomic E-state index is 13.0. The molecule has 1 saturated heterocycles. The summed E-state index contributed by atoms with van der Waals surface area (Å²) in [7, 11) is 0. The summed E-state index contributed by atoms with van der Waals surface area (Å²) in [6, 6.07) is 14.6. The number of carbonyl (C=O) groups is 2. The van der Waals surface area contributed by atoms with E-state index in [-0.39, 0.29) is 30.3 Å². The largest absolute Gasteiger partial charge is 0.365 e. The summed E-state index contributed by atoms with van der Waals surface area (Å²) in [6.07, 6.45) is -0.319. The summed E-state index contributed by atoms with van der Waals surface area (Å²) in [5.74, 6) is -0.734. The highest BCUT2D eigenvalue weighted by molar-refractivity contribution is 5.95. The van der Waals surface area contributed by atoms with Gasteiger partial charge >= 0.3 is 0 Å². The van der Waals surface area contributed by atoms with Crippen LogP contribution in [0.3, 0.4) is 0 Å². The van der Waals surface area contributed by atoms with Crippen LogP contribution in [-0.2, 0) is 9.53 Å². The molecular formula is C18H17FN2O3. The highest BCUT2D eigenvalue weighted by Gasteiger charge is 2.27. The van der Waals surface area contributed by atoms with Crippen molar-refractivity contribution >= 4 is 17.5 Å². The first-order valence-electron chi connectivity index (χ1n) is 7.64. The number of rotatable bonds is 4. The molecule has 6 heteroatoms. The molecule has 1 aliphatic rings. The minimum atomic E-state index is -0.355. The van der Waals surface area contributed by atoms with E-state index in [9.17, 15) is 14.0 Å². The molecule has 1 atom stereocenters. The number of nitrogens with zero attached hydrogens (tertiary/aromatic N) is 1. The van der Waals surface area contributed by atoms with Gasteiger partial charge in [0.2, 0.25) is 0 Å². The maximum Gasteiger partial charge on any atom is 0.253 e. The average Bonchev–Trinajstić information content (AvgIpc) is 2.62. The van der Waals surface area contributed by atoms with Crippen LogP contribution in [0.4, 0.5) is 10.1 Å². The number of hydrogen-bond donors (Lipinski definition) is 1. The van der Waals surface area contributed by atoms with Crippen molar-refractivity contribution in [3.05, 3.63) is 66.0 Å². The lowest BCUT2D eigenvalue weighted by Crippen LogP contribution is -2.50. The normalized spacial score (nSPS) is 17.6. The predicted molar refractivity (Wildman–Crippen MR) is 87.3 cm³/mol. The van der Waals surface area contributed by atoms with Crippen molar-refractivity contribution < 1.29 is 18.7 Å². The third-order valence-electron chi connectivity index (χ3n) is 3.79. The topological polar surface area (TPSA) is 58.6 Å². The van der Waals surface area contributed by atoms with Gasteiger partial charge in [-0.15, -0.1) is 0 Å². The second kappa shape index (κ2) is 7.23. The van der Waals surface area contributed by atoms with Gasteiger partial charge in [0.15, 0.2) is 0 Å². The molecule has 24 heavy (non-hydrogen) atoms. The summed E-state index contributed by atoms with van der Waals surface area (Å²) in [4.78, 5) is 25.6. The number of ether oxygens (including phenoxy) is 1. The molecular weight excluding hydrogens is 311 g/mol. The SMILES string of the molecule is O=C(NCC1CN(c2ccc(F)cc2)C(=O)CO1)c1ccccc1. The van der Waals surface area contributed by atoms with Crippen LogP contribution >= 0.6 is 0 Å². The van der Waals surface area contributed by atoms with Gasteiger partial charge in [-0.2, -0.15) is 0 Å². The molecule has 1 fully saturated rings. The van der Waals surface area contributed by atoms with Crippen molar-refractivity contribution in [1.29, 1.82) is 0 Å². The lowest BCUT2D eigenvalue weighted by atomic mass is 10.2. The molecule has 1 heterocycles. The van der Waals surface area contributed by atoms with E-state index in [1.807, 2.05) is 6.07 Å². The summed E-state index contributed by atoms with van der Waals surface area (Å²) >= 11 is 0. The van der Waals surface area contributed by atoms with Gasteiger partial charge in [-0.25, -0.2) is 4.39 Å². The van der Waals surface area contributed by atoms with Crippen LogP contribution in [0.1, 0.15) is 10.4 Å². The van der Waals surface area contributed by atoms with E-state index in [1.54, 1.807) is 41.3 Å². The van der Waals surface area contributed by atoms with Gasteiger partial charge in [0.05, 0.1) is 12.6 Å². The zero-order valence-corrected chi connectivity index (χ0v) is 12.9. The molecule has 1 N–H and O–H groups in total. The molecule has 0 saturated carbocycles. The molecule has 0 spiro atoms. The Bertz CT molecular complexity index is 719. The molecule has 0 aliphatic carbocycles. The van der Waals surface area contributed by atoms with E-state index in [0.717, 1.165) is 0 Å². The van der Waals surface area contributed by atoms with E-state index in [2.05, 4.69) is 5.32 Å². The molecule has 1 aliphatic heterocycles. The van der Waals surface area contributed by atoms with Crippen molar-refractivity contribution in [2.45, 2.75) is 6.10 Å². The Hall–Kier alpha value is -2.73. The Morgan fingerprint density at radius 1 is 1.17 bits per heavy atom. The second-order valence-electron chi connectivity index (χ2n) is 5.49. The molecule has 2 amide bonds. The molecule has 124 valence electrons. The highest BCUT2D eigenvalue weighted by Crippen LogP contribution is 2.19. The second-order valence-corrected chi connectivity index (χ2v) is 5.49.